The molecular weight excluding hydrogens is 318 g/mol. The molecule has 4 heteroatoms. The lowest BCUT2D eigenvalue weighted by atomic mass is 9.82. The van der Waals surface area contributed by atoms with Gasteiger partial charge < -0.3 is 10.1 Å². The van der Waals surface area contributed by atoms with E-state index in [1.54, 1.807) is 11.3 Å². The molecule has 1 aliphatic rings. The molecule has 1 aromatic heterocycles. The molecule has 1 amide bonds. The Bertz CT molecular complexity index is 728. The number of rotatable bonds is 5. The van der Waals surface area contributed by atoms with Crippen molar-refractivity contribution in [1.82, 2.24) is 5.32 Å². The molecule has 1 aliphatic heterocycles. The zero-order valence-electron chi connectivity index (χ0n) is 15.0. The topological polar surface area (TPSA) is 38.3 Å². The lowest BCUT2D eigenvalue weighted by molar-refractivity contribution is 0.0713. The summed E-state index contributed by atoms with van der Waals surface area (Å²) in [6.07, 6.45) is 3.36. The van der Waals surface area contributed by atoms with E-state index in [9.17, 15) is 4.79 Å². The van der Waals surface area contributed by atoms with Gasteiger partial charge in [-0.1, -0.05) is 32.9 Å². The minimum absolute atomic E-state index is 0.00625. The fraction of sp³-hybridized carbons (Fsp3) is 0.550. The van der Waals surface area contributed by atoms with Gasteiger partial charge >= 0.3 is 0 Å². The van der Waals surface area contributed by atoms with E-state index in [1.165, 1.54) is 10.3 Å². The summed E-state index contributed by atoms with van der Waals surface area (Å²) < 4.78 is 6.86. The van der Waals surface area contributed by atoms with Crippen molar-refractivity contribution in [2.45, 2.75) is 64.5 Å². The molecule has 2 atom stereocenters. The number of carbonyl (C=O) groups is 1. The Labute approximate surface area is 148 Å². The molecule has 2 heterocycles. The highest BCUT2D eigenvalue weighted by atomic mass is 32.1. The first kappa shape index (κ1) is 17.4. The van der Waals surface area contributed by atoms with Gasteiger partial charge in [-0.15, -0.1) is 11.3 Å². The predicted octanol–water partition coefficient (Wildman–Crippen LogP) is 4.89. The van der Waals surface area contributed by atoms with Gasteiger partial charge in [0, 0.05) is 22.1 Å². The average Bonchev–Trinajstić information content (AvgIpc) is 3.23. The smallest absolute Gasteiger partial charge is 0.253 e. The Morgan fingerprint density at radius 2 is 2.25 bits per heavy atom. The standard InChI is InChI=1S/C20H27NO2S/c1-5-20(3,4)14-8-9-15-16(12-24-18(15)11-14)19(22)21-13(2)17-7-6-10-23-17/h8-9,11-13,17H,5-7,10H2,1-4H3,(H,21,22). The predicted molar refractivity (Wildman–Crippen MR) is 101 cm³/mol. The second-order valence-electron chi connectivity index (χ2n) is 7.41. The van der Waals surface area contributed by atoms with E-state index < -0.39 is 0 Å². The summed E-state index contributed by atoms with van der Waals surface area (Å²) in [6, 6.07) is 6.56. The highest BCUT2D eigenvalue weighted by Gasteiger charge is 2.25. The number of carbonyl (C=O) groups excluding carboxylic acids is 1. The number of benzene rings is 1. The van der Waals surface area contributed by atoms with Gasteiger partial charge in [0.05, 0.1) is 17.7 Å². The number of hydrogen-bond donors (Lipinski definition) is 1. The summed E-state index contributed by atoms with van der Waals surface area (Å²) in [7, 11) is 0. The van der Waals surface area contributed by atoms with Crippen LogP contribution in [0.15, 0.2) is 23.6 Å². The van der Waals surface area contributed by atoms with Crippen molar-refractivity contribution in [1.29, 1.82) is 0 Å². The third kappa shape index (κ3) is 3.35. The van der Waals surface area contributed by atoms with E-state index in [4.69, 9.17) is 4.74 Å². The summed E-state index contributed by atoms with van der Waals surface area (Å²) in [4.78, 5) is 12.7. The highest BCUT2D eigenvalue weighted by Crippen LogP contribution is 2.33. The maximum atomic E-state index is 12.7. The highest BCUT2D eigenvalue weighted by molar-refractivity contribution is 7.17. The van der Waals surface area contributed by atoms with Crippen LogP contribution in [0.25, 0.3) is 10.1 Å². The molecule has 0 bridgehead atoms. The maximum absolute atomic E-state index is 12.7. The number of amides is 1. The molecule has 3 rings (SSSR count). The molecule has 24 heavy (non-hydrogen) atoms. The number of nitrogens with one attached hydrogen (secondary N) is 1. The first-order valence-corrected chi connectivity index (χ1v) is 9.74. The van der Waals surface area contributed by atoms with Crippen molar-refractivity contribution in [3.05, 3.63) is 34.7 Å². The van der Waals surface area contributed by atoms with Crippen molar-refractivity contribution in [3.8, 4) is 0 Å². The molecule has 1 N–H and O–H groups in total. The van der Waals surface area contributed by atoms with Crippen molar-refractivity contribution < 1.29 is 9.53 Å². The van der Waals surface area contributed by atoms with Crippen LogP contribution in [-0.4, -0.2) is 24.7 Å². The monoisotopic (exact) mass is 345 g/mol. The quantitative estimate of drug-likeness (QED) is 0.838. The van der Waals surface area contributed by atoms with E-state index in [1.807, 2.05) is 12.3 Å². The molecule has 130 valence electrons. The van der Waals surface area contributed by atoms with E-state index in [2.05, 4.69) is 44.3 Å². The minimum Gasteiger partial charge on any atom is -0.376 e. The Balaban J connectivity index is 1.81. The molecule has 1 saturated heterocycles. The Hall–Kier alpha value is -1.39. The van der Waals surface area contributed by atoms with Crippen LogP contribution in [0.4, 0.5) is 0 Å². The van der Waals surface area contributed by atoms with Crippen LogP contribution in [0.2, 0.25) is 0 Å². The van der Waals surface area contributed by atoms with Gasteiger partial charge in [-0.05, 0) is 43.2 Å². The van der Waals surface area contributed by atoms with Gasteiger partial charge in [-0.25, -0.2) is 0 Å². The second-order valence-corrected chi connectivity index (χ2v) is 8.32. The van der Waals surface area contributed by atoms with Gasteiger partial charge in [0.25, 0.3) is 5.91 Å². The third-order valence-electron chi connectivity index (χ3n) is 5.37. The van der Waals surface area contributed by atoms with Crippen LogP contribution < -0.4 is 5.32 Å². The summed E-state index contributed by atoms with van der Waals surface area (Å²) in [5, 5.41) is 6.14. The van der Waals surface area contributed by atoms with Crippen LogP contribution in [0.1, 0.15) is 62.9 Å². The zero-order chi connectivity index (χ0) is 17.3. The fourth-order valence-electron chi connectivity index (χ4n) is 3.20. The van der Waals surface area contributed by atoms with Gasteiger partial charge in [-0.2, -0.15) is 0 Å². The molecule has 2 aromatic rings. The summed E-state index contributed by atoms with van der Waals surface area (Å²) >= 11 is 1.65. The van der Waals surface area contributed by atoms with Crippen LogP contribution in [-0.2, 0) is 10.2 Å². The average molecular weight is 346 g/mol. The van der Waals surface area contributed by atoms with Crippen LogP contribution in [0.5, 0.6) is 0 Å². The number of hydrogen-bond acceptors (Lipinski definition) is 3. The van der Waals surface area contributed by atoms with Crippen LogP contribution in [0, 0.1) is 0 Å². The molecule has 2 unspecified atom stereocenters. The molecule has 0 aliphatic carbocycles. The molecule has 1 aromatic carbocycles. The first-order chi connectivity index (χ1) is 11.4. The van der Waals surface area contributed by atoms with E-state index in [0.717, 1.165) is 36.8 Å². The van der Waals surface area contributed by atoms with E-state index in [-0.39, 0.29) is 23.5 Å². The third-order valence-corrected chi connectivity index (χ3v) is 6.31. The van der Waals surface area contributed by atoms with E-state index >= 15 is 0 Å². The lowest BCUT2D eigenvalue weighted by Gasteiger charge is -2.23. The number of ether oxygens (including phenoxy) is 1. The lowest BCUT2D eigenvalue weighted by Crippen LogP contribution is -2.40. The van der Waals surface area contributed by atoms with Gasteiger partial charge in [-0.3, -0.25) is 4.79 Å². The SMILES string of the molecule is CCC(C)(C)c1ccc2c(C(=O)NC(C)C3CCCO3)csc2c1. The molecule has 1 fully saturated rings. The van der Waals surface area contributed by atoms with Crippen molar-refractivity contribution in [2.24, 2.45) is 0 Å². The molecule has 0 saturated carbocycles. The van der Waals surface area contributed by atoms with E-state index in [0.29, 0.717) is 0 Å². The van der Waals surface area contributed by atoms with Crippen molar-refractivity contribution >= 4 is 27.3 Å². The normalized spacial score (nSPS) is 19.6. The number of thiophene rings is 1. The van der Waals surface area contributed by atoms with Gasteiger partial charge in [0.2, 0.25) is 0 Å². The second kappa shape index (κ2) is 6.85. The fourth-order valence-corrected chi connectivity index (χ4v) is 4.18. The molecule has 0 radical (unpaired) electrons. The van der Waals surface area contributed by atoms with Gasteiger partial charge in [0.15, 0.2) is 0 Å². The first-order valence-electron chi connectivity index (χ1n) is 8.86. The maximum Gasteiger partial charge on any atom is 0.253 e. The Kier molecular flexibility index (Phi) is 4.97. The largest absolute Gasteiger partial charge is 0.376 e. The Morgan fingerprint density at radius 3 is 2.92 bits per heavy atom. The Morgan fingerprint density at radius 1 is 1.46 bits per heavy atom. The number of fused-ring (bicyclic) bond motifs is 1. The summed E-state index contributed by atoms with van der Waals surface area (Å²) in [5.41, 5.74) is 2.27. The van der Waals surface area contributed by atoms with Crippen LogP contribution in [0.3, 0.4) is 0 Å². The zero-order valence-corrected chi connectivity index (χ0v) is 15.8. The molecule has 0 spiro atoms. The van der Waals surface area contributed by atoms with Crippen molar-refractivity contribution in [2.75, 3.05) is 6.61 Å². The molecular formula is C20H27NO2S. The van der Waals surface area contributed by atoms with Crippen LogP contribution >= 0.6 is 11.3 Å². The molecule has 3 nitrogen and oxygen atoms in total. The minimum atomic E-state index is 0.00625. The van der Waals surface area contributed by atoms with Gasteiger partial charge in [0.1, 0.15) is 0 Å². The summed E-state index contributed by atoms with van der Waals surface area (Å²) in [6.45, 7) is 9.58. The van der Waals surface area contributed by atoms with Crippen molar-refractivity contribution in [3.63, 3.8) is 0 Å². The summed E-state index contributed by atoms with van der Waals surface area (Å²) in [5.74, 6) is 0.00625.